The molecular weight excluding hydrogens is 166 g/mol. The molecule has 0 aromatic carbocycles. The van der Waals surface area contributed by atoms with Gasteiger partial charge in [0, 0.05) is 0 Å². The zero-order chi connectivity index (χ0) is 8.32. The first-order valence-electron chi connectivity index (χ1n) is 2.74. The van der Waals surface area contributed by atoms with Gasteiger partial charge < -0.3 is 4.84 Å². The van der Waals surface area contributed by atoms with Crippen molar-refractivity contribution in [2.24, 2.45) is 10.3 Å². The Morgan fingerprint density at radius 1 is 1.64 bits per heavy atom. The van der Waals surface area contributed by atoms with Gasteiger partial charge in [-0.05, 0) is 12.2 Å². The molecule has 0 aromatic heterocycles. The van der Waals surface area contributed by atoms with Crippen LogP contribution in [-0.4, -0.2) is 9.25 Å². The van der Waals surface area contributed by atoms with Crippen LogP contribution in [0.15, 0.2) is 29.6 Å². The van der Waals surface area contributed by atoms with Crippen LogP contribution >= 0.6 is 0 Å². The summed E-state index contributed by atoms with van der Waals surface area (Å²) in [5.74, 6) is 0. The summed E-state index contributed by atoms with van der Waals surface area (Å²) in [5.41, 5.74) is 0. The van der Waals surface area contributed by atoms with Gasteiger partial charge in [0.15, 0.2) is 15.0 Å². The highest BCUT2D eigenvalue weighted by molar-refractivity contribution is 8.05. The zero-order valence-corrected chi connectivity index (χ0v) is 6.38. The molecule has 1 aliphatic heterocycles. The summed E-state index contributed by atoms with van der Waals surface area (Å²) in [5, 5.41) is 8.27. The van der Waals surface area contributed by atoms with Crippen LogP contribution in [0.3, 0.4) is 0 Å². The molecule has 1 aliphatic rings. The molecule has 1 rings (SSSR count). The number of nitrogens with zero attached hydrogens (tertiary/aromatic N) is 1. The molecule has 0 bridgehead atoms. The van der Waals surface area contributed by atoms with Crippen LogP contribution in [0.25, 0.3) is 0 Å². The molecule has 5 nitrogen and oxygen atoms in total. The van der Waals surface area contributed by atoms with Crippen LogP contribution in [-0.2, 0) is 14.8 Å². The second kappa shape index (κ2) is 2.85. The molecule has 0 amide bonds. The molecule has 6 heteroatoms. The van der Waals surface area contributed by atoms with Crippen molar-refractivity contribution >= 4 is 15.0 Å². The normalized spacial score (nSPS) is 21.4. The standard InChI is InChI=1S/C5H7N3O2S/c6-11(7,9)5-3-1-2-4-10-8-5/h1-4H,(H3,6,7,9). The Labute approximate surface area is 64.3 Å². The predicted molar refractivity (Wildman–Crippen MR) is 41.8 cm³/mol. The number of rotatable bonds is 0. The number of oxime groups is 1. The van der Waals surface area contributed by atoms with E-state index in [-0.39, 0.29) is 5.04 Å². The van der Waals surface area contributed by atoms with Crippen LogP contribution in [0.1, 0.15) is 0 Å². The average molecular weight is 173 g/mol. The minimum absolute atomic E-state index is 0.0671. The van der Waals surface area contributed by atoms with Gasteiger partial charge in [-0.25, -0.2) is 14.1 Å². The van der Waals surface area contributed by atoms with Crippen LogP contribution in [0, 0.1) is 4.78 Å². The molecule has 0 saturated heterocycles. The first-order valence-corrected chi connectivity index (χ1v) is 4.36. The lowest BCUT2D eigenvalue weighted by Gasteiger charge is -1.96. The van der Waals surface area contributed by atoms with Crippen molar-refractivity contribution in [3.05, 3.63) is 24.5 Å². The van der Waals surface area contributed by atoms with E-state index in [2.05, 4.69) is 9.99 Å². The maximum Gasteiger partial charge on any atom is 0.189 e. The van der Waals surface area contributed by atoms with Crippen LogP contribution in [0.4, 0.5) is 0 Å². The fourth-order valence-corrected chi connectivity index (χ4v) is 0.922. The largest absolute Gasteiger partial charge is 0.364 e. The van der Waals surface area contributed by atoms with Gasteiger partial charge in [-0.3, -0.25) is 0 Å². The first kappa shape index (κ1) is 7.96. The number of hydrogen-bond acceptors (Lipinski definition) is 4. The van der Waals surface area contributed by atoms with Gasteiger partial charge in [0.25, 0.3) is 0 Å². The highest BCUT2D eigenvalue weighted by Gasteiger charge is 2.07. The van der Waals surface area contributed by atoms with Crippen molar-refractivity contribution < 1.29 is 9.05 Å². The van der Waals surface area contributed by atoms with Crippen molar-refractivity contribution in [2.45, 2.75) is 0 Å². The molecule has 0 spiro atoms. The maximum atomic E-state index is 10.8. The molecule has 1 atom stereocenters. The van der Waals surface area contributed by atoms with Gasteiger partial charge in [0.2, 0.25) is 0 Å². The molecule has 0 aliphatic carbocycles. The van der Waals surface area contributed by atoms with Crippen molar-refractivity contribution in [1.29, 1.82) is 4.78 Å². The minimum atomic E-state index is -3.25. The van der Waals surface area contributed by atoms with Crippen LogP contribution in [0.5, 0.6) is 0 Å². The van der Waals surface area contributed by atoms with E-state index in [1.807, 2.05) is 0 Å². The summed E-state index contributed by atoms with van der Waals surface area (Å²) < 4.78 is 17.8. The van der Waals surface area contributed by atoms with Gasteiger partial charge >= 0.3 is 0 Å². The van der Waals surface area contributed by atoms with E-state index in [9.17, 15) is 4.21 Å². The second-order valence-corrected chi connectivity index (χ2v) is 3.44. The van der Waals surface area contributed by atoms with Gasteiger partial charge in [-0.2, -0.15) is 0 Å². The van der Waals surface area contributed by atoms with Crippen molar-refractivity contribution in [3.63, 3.8) is 0 Å². The summed E-state index contributed by atoms with van der Waals surface area (Å²) in [7, 11) is -3.25. The third-order valence-corrected chi connectivity index (χ3v) is 1.77. The summed E-state index contributed by atoms with van der Waals surface area (Å²) in [6.07, 6.45) is 5.78. The van der Waals surface area contributed by atoms with E-state index < -0.39 is 9.92 Å². The van der Waals surface area contributed by atoms with E-state index in [0.29, 0.717) is 0 Å². The predicted octanol–water partition coefficient (Wildman–Crippen LogP) is 0.320. The molecule has 0 radical (unpaired) electrons. The Balaban J connectivity index is 3.00. The number of nitrogens with two attached hydrogens (primary N) is 1. The lowest BCUT2D eigenvalue weighted by molar-refractivity contribution is 0.270. The number of nitrogens with one attached hydrogen (secondary N) is 1. The van der Waals surface area contributed by atoms with E-state index >= 15 is 0 Å². The van der Waals surface area contributed by atoms with E-state index in [1.165, 1.54) is 12.3 Å². The summed E-state index contributed by atoms with van der Waals surface area (Å²) in [4.78, 5) is 4.50. The number of hydrogen-bond donors (Lipinski definition) is 2. The van der Waals surface area contributed by atoms with Gasteiger partial charge in [0.05, 0.1) is 0 Å². The fraction of sp³-hybridized carbons (Fsp3) is 0. The van der Waals surface area contributed by atoms with E-state index in [4.69, 9.17) is 9.92 Å². The quantitative estimate of drug-likeness (QED) is 0.552. The van der Waals surface area contributed by atoms with E-state index in [1.54, 1.807) is 12.2 Å². The minimum Gasteiger partial charge on any atom is -0.364 e. The molecule has 0 fully saturated rings. The lowest BCUT2D eigenvalue weighted by atomic mass is 10.5. The summed E-state index contributed by atoms with van der Waals surface area (Å²) in [6.45, 7) is 0. The van der Waals surface area contributed by atoms with Crippen molar-refractivity contribution in [3.8, 4) is 0 Å². The Morgan fingerprint density at radius 3 is 3.00 bits per heavy atom. The van der Waals surface area contributed by atoms with Gasteiger partial charge in [-0.1, -0.05) is 11.2 Å². The van der Waals surface area contributed by atoms with Crippen molar-refractivity contribution in [2.75, 3.05) is 0 Å². The maximum absolute atomic E-state index is 10.8. The Morgan fingerprint density at radius 2 is 2.36 bits per heavy atom. The third kappa shape index (κ3) is 2.17. The molecule has 60 valence electrons. The number of allylic oxidation sites excluding steroid dienone is 2. The molecule has 11 heavy (non-hydrogen) atoms. The molecule has 1 unspecified atom stereocenters. The fourth-order valence-electron chi connectivity index (χ4n) is 0.488. The molecule has 0 aromatic rings. The lowest BCUT2D eigenvalue weighted by Crippen LogP contribution is -2.19. The highest BCUT2D eigenvalue weighted by atomic mass is 32.2. The SMILES string of the molecule is N=S(N)(=O)C1=NOC=CC=C1. The molecule has 0 saturated carbocycles. The first-order chi connectivity index (χ1) is 5.11. The average Bonchev–Trinajstić information content (AvgIpc) is 2.10. The monoisotopic (exact) mass is 173 g/mol. The van der Waals surface area contributed by atoms with Gasteiger partial charge in [0.1, 0.15) is 6.26 Å². The summed E-state index contributed by atoms with van der Waals surface area (Å²) >= 11 is 0. The van der Waals surface area contributed by atoms with Crippen LogP contribution in [0.2, 0.25) is 0 Å². The molecule has 1 heterocycles. The van der Waals surface area contributed by atoms with E-state index in [0.717, 1.165) is 0 Å². The Bertz CT molecular complexity index is 326. The van der Waals surface area contributed by atoms with Gasteiger partial charge in [-0.15, -0.1) is 0 Å². The van der Waals surface area contributed by atoms with Crippen molar-refractivity contribution in [1.82, 2.24) is 0 Å². The molecule has 3 N–H and O–H groups in total. The zero-order valence-electron chi connectivity index (χ0n) is 5.56. The Kier molecular flexibility index (Phi) is 2.06. The van der Waals surface area contributed by atoms with Crippen LogP contribution < -0.4 is 5.14 Å². The second-order valence-electron chi connectivity index (χ2n) is 1.82. The molecular formula is C5H7N3O2S. The topological polar surface area (TPSA) is 88.5 Å². The third-order valence-electron chi connectivity index (χ3n) is 0.943. The highest BCUT2D eigenvalue weighted by Crippen LogP contribution is 1.97. The summed E-state index contributed by atoms with van der Waals surface area (Å²) in [6, 6.07) is 0. The smallest absolute Gasteiger partial charge is 0.189 e. The Hall–Kier alpha value is -1.14.